The molecule has 0 N–H and O–H groups in total. The third-order valence-corrected chi connectivity index (χ3v) is 2.65. The lowest BCUT2D eigenvalue weighted by atomic mass is 10.3. The molecular weight excluding hydrogens is 280 g/mol. The van der Waals surface area contributed by atoms with Gasteiger partial charge in [-0.2, -0.15) is 0 Å². The van der Waals surface area contributed by atoms with E-state index >= 15 is 0 Å². The Balaban J connectivity index is 2.07. The molecule has 0 radical (unpaired) electrons. The number of benzene rings is 1. The zero-order valence-electron chi connectivity index (χ0n) is 8.66. The Morgan fingerprint density at radius 2 is 1.71 bits per heavy atom. The lowest BCUT2D eigenvalue weighted by Crippen LogP contribution is -1.96. The van der Waals surface area contributed by atoms with E-state index in [1.54, 1.807) is 24.3 Å². The number of hydrogen-bond acceptors (Lipinski definition) is 2. The molecule has 0 amide bonds. The van der Waals surface area contributed by atoms with Crippen LogP contribution >= 0.6 is 34.8 Å². The SMILES string of the molecule is Clc1cccc(OCc2cc(Cl)nc(Cl)c2)c1. The lowest BCUT2D eigenvalue weighted by molar-refractivity contribution is 0.306. The van der Waals surface area contributed by atoms with Crippen molar-refractivity contribution in [2.75, 3.05) is 0 Å². The zero-order valence-corrected chi connectivity index (χ0v) is 10.9. The first kappa shape index (κ1) is 12.5. The van der Waals surface area contributed by atoms with Crippen LogP contribution in [0, 0.1) is 0 Å². The summed E-state index contributed by atoms with van der Waals surface area (Å²) in [5.74, 6) is 0.696. The molecule has 1 heterocycles. The molecule has 0 fully saturated rings. The molecule has 1 aromatic carbocycles. The molecule has 0 saturated carbocycles. The van der Waals surface area contributed by atoms with E-state index in [-0.39, 0.29) is 0 Å². The van der Waals surface area contributed by atoms with E-state index in [9.17, 15) is 0 Å². The van der Waals surface area contributed by atoms with Crippen LogP contribution in [-0.2, 0) is 6.61 Å². The topological polar surface area (TPSA) is 22.1 Å². The van der Waals surface area contributed by atoms with Crippen molar-refractivity contribution in [3.63, 3.8) is 0 Å². The fraction of sp³-hybridized carbons (Fsp3) is 0.0833. The average Bonchev–Trinajstić information content (AvgIpc) is 2.25. The Hall–Kier alpha value is -0.960. The second-order valence-corrected chi connectivity index (χ2v) is 4.58. The Bertz CT molecular complexity index is 511. The molecule has 5 heteroatoms. The van der Waals surface area contributed by atoms with Crippen LogP contribution in [0.25, 0.3) is 0 Å². The highest BCUT2D eigenvalue weighted by atomic mass is 35.5. The molecule has 2 aromatic rings. The van der Waals surface area contributed by atoms with E-state index in [2.05, 4.69) is 4.98 Å². The van der Waals surface area contributed by atoms with Gasteiger partial charge in [-0.1, -0.05) is 40.9 Å². The second kappa shape index (κ2) is 5.58. The standard InChI is InChI=1S/C12H8Cl3NO/c13-9-2-1-3-10(6-9)17-7-8-4-11(14)16-12(15)5-8/h1-6H,7H2. The van der Waals surface area contributed by atoms with Crippen LogP contribution in [0.5, 0.6) is 5.75 Å². The molecule has 88 valence electrons. The van der Waals surface area contributed by atoms with Gasteiger partial charge in [0, 0.05) is 5.02 Å². The Kier molecular flexibility index (Phi) is 4.11. The first-order valence-corrected chi connectivity index (χ1v) is 5.97. The summed E-state index contributed by atoms with van der Waals surface area (Å²) >= 11 is 17.4. The van der Waals surface area contributed by atoms with Gasteiger partial charge in [0.2, 0.25) is 0 Å². The van der Waals surface area contributed by atoms with Gasteiger partial charge in [-0.15, -0.1) is 0 Å². The van der Waals surface area contributed by atoms with Crippen LogP contribution in [0.3, 0.4) is 0 Å². The highest BCUT2D eigenvalue weighted by Crippen LogP contribution is 2.20. The molecule has 0 aliphatic rings. The predicted molar refractivity (Wildman–Crippen MR) is 70.0 cm³/mol. The lowest BCUT2D eigenvalue weighted by Gasteiger charge is -2.07. The fourth-order valence-electron chi connectivity index (χ4n) is 1.32. The van der Waals surface area contributed by atoms with Gasteiger partial charge in [0.15, 0.2) is 0 Å². The van der Waals surface area contributed by atoms with Crippen molar-refractivity contribution in [1.82, 2.24) is 4.98 Å². The normalized spacial score (nSPS) is 10.3. The largest absolute Gasteiger partial charge is 0.489 e. The monoisotopic (exact) mass is 287 g/mol. The number of aromatic nitrogens is 1. The van der Waals surface area contributed by atoms with Gasteiger partial charge in [0.05, 0.1) is 0 Å². The van der Waals surface area contributed by atoms with Gasteiger partial charge < -0.3 is 4.74 Å². The van der Waals surface area contributed by atoms with Gasteiger partial charge in [-0.3, -0.25) is 0 Å². The highest BCUT2D eigenvalue weighted by Gasteiger charge is 2.01. The third-order valence-electron chi connectivity index (χ3n) is 2.02. The number of rotatable bonds is 3. The van der Waals surface area contributed by atoms with E-state index in [1.807, 2.05) is 12.1 Å². The van der Waals surface area contributed by atoms with E-state index in [0.717, 1.165) is 5.56 Å². The van der Waals surface area contributed by atoms with Crippen molar-refractivity contribution >= 4 is 34.8 Å². The van der Waals surface area contributed by atoms with Gasteiger partial charge in [-0.05, 0) is 35.9 Å². The van der Waals surface area contributed by atoms with Crippen molar-refractivity contribution in [1.29, 1.82) is 0 Å². The molecule has 17 heavy (non-hydrogen) atoms. The fourth-order valence-corrected chi connectivity index (χ4v) is 2.01. The maximum absolute atomic E-state index is 5.84. The maximum atomic E-state index is 5.84. The van der Waals surface area contributed by atoms with Crippen LogP contribution in [-0.4, -0.2) is 4.98 Å². The van der Waals surface area contributed by atoms with Gasteiger partial charge in [-0.25, -0.2) is 4.98 Å². The molecule has 0 spiro atoms. The zero-order chi connectivity index (χ0) is 12.3. The number of halogens is 3. The van der Waals surface area contributed by atoms with Gasteiger partial charge in [0.25, 0.3) is 0 Å². The minimum atomic E-state index is 0.349. The Labute approximate surface area is 114 Å². The molecule has 0 aliphatic carbocycles. The summed E-state index contributed by atoms with van der Waals surface area (Å²) in [6.07, 6.45) is 0. The summed E-state index contributed by atoms with van der Waals surface area (Å²) < 4.78 is 5.55. The Morgan fingerprint density at radius 3 is 2.35 bits per heavy atom. The van der Waals surface area contributed by atoms with E-state index in [0.29, 0.717) is 27.7 Å². The second-order valence-electron chi connectivity index (χ2n) is 3.37. The van der Waals surface area contributed by atoms with Crippen molar-refractivity contribution in [2.24, 2.45) is 0 Å². The van der Waals surface area contributed by atoms with E-state index < -0.39 is 0 Å². The summed E-state index contributed by atoms with van der Waals surface area (Å²) in [6, 6.07) is 10.6. The van der Waals surface area contributed by atoms with Crippen LogP contribution in [0.15, 0.2) is 36.4 Å². The molecular formula is C12H8Cl3NO. The molecule has 2 nitrogen and oxygen atoms in total. The van der Waals surface area contributed by atoms with Gasteiger partial charge in [0.1, 0.15) is 22.7 Å². The molecule has 0 unspecified atom stereocenters. The van der Waals surface area contributed by atoms with Gasteiger partial charge >= 0.3 is 0 Å². The van der Waals surface area contributed by atoms with Crippen LogP contribution in [0.4, 0.5) is 0 Å². The summed E-state index contributed by atoms with van der Waals surface area (Å²) in [6.45, 7) is 0.363. The van der Waals surface area contributed by atoms with Crippen molar-refractivity contribution in [3.05, 3.63) is 57.3 Å². The number of nitrogens with zero attached hydrogens (tertiary/aromatic N) is 1. The molecule has 0 bridgehead atoms. The van der Waals surface area contributed by atoms with Crippen LogP contribution in [0.2, 0.25) is 15.3 Å². The summed E-state index contributed by atoms with van der Waals surface area (Å²) in [5, 5.41) is 1.33. The highest BCUT2D eigenvalue weighted by molar-refractivity contribution is 6.32. The number of ether oxygens (including phenoxy) is 1. The number of pyridine rings is 1. The Morgan fingerprint density at radius 1 is 1.00 bits per heavy atom. The molecule has 0 saturated heterocycles. The van der Waals surface area contributed by atoms with Crippen molar-refractivity contribution < 1.29 is 4.74 Å². The molecule has 0 atom stereocenters. The summed E-state index contributed by atoms with van der Waals surface area (Å²) in [4.78, 5) is 3.86. The molecule has 0 aliphatic heterocycles. The number of hydrogen-bond donors (Lipinski definition) is 0. The van der Waals surface area contributed by atoms with E-state index in [1.165, 1.54) is 0 Å². The summed E-state index contributed by atoms with van der Waals surface area (Å²) in [7, 11) is 0. The smallest absolute Gasteiger partial charge is 0.131 e. The minimum Gasteiger partial charge on any atom is -0.489 e. The quantitative estimate of drug-likeness (QED) is 0.769. The third kappa shape index (κ3) is 3.77. The van der Waals surface area contributed by atoms with Crippen LogP contribution in [0.1, 0.15) is 5.56 Å². The predicted octanol–water partition coefficient (Wildman–Crippen LogP) is 4.62. The average molecular weight is 289 g/mol. The first-order chi connectivity index (χ1) is 8.13. The van der Waals surface area contributed by atoms with Crippen LogP contribution < -0.4 is 4.74 Å². The minimum absolute atomic E-state index is 0.349. The summed E-state index contributed by atoms with van der Waals surface area (Å²) in [5.41, 5.74) is 0.856. The molecule has 2 rings (SSSR count). The van der Waals surface area contributed by atoms with Crippen molar-refractivity contribution in [2.45, 2.75) is 6.61 Å². The first-order valence-electron chi connectivity index (χ1n) is 4.84. The van der Waals surface area contributed by atoms with Crippen molar-refractivity contribution in [3.8, 4) is 5.75 Å². The maximum Gasteiger partial charge on any atom is 0.131 e. The molecule has 1 aromatic heterocycles. The van der Waals surface area contributed by atoms with E-state index in [4.69, 9.17) is 39.5 Å².